The molecule has 8 N–H and O–H groups in total. The van der Waals surface area contributed by atoms with Gasteiger partial charge in [0.2, 0.25) is 0 Å². The monoisotopic (exact) mass is 526 g/mol. The predicted molar refractivity (Wildman–Crippen MR) is 127 cm³/mol. The van der Waals surface area contributed by atoms with E-state index < -0.39 is 80.9 Å². The minimum Gasteiger partial charge on any atom is -0.463 e. The number of hydrogen-bond donors (Lipinski definition) is 8. The minimum absolute atomic E-state index is 0.180. The van der Waals surface area contributed by atoms with Crippen molar-refractivity contribution in [1.82, 2.24) is 0 Å². The SMILES string of the molecule is CCCCCCCCCCCC(=O)OC[C@H]1O[C@H](O[C@@H]([C@H](O)[C@@H](O)CO)[C@H](O)CO)[C@H](O)[C@@H](O)[C@@H]1O. The Hall–Kier alpha value is -0.930. The third-order valence-corrected chi connectivity index (χ3v) is 6.34. The molecule has 0 saturated carbocycles. The van der Waals surface area contributed by atoms with E-state index in [2.05, 4.69) is 6.92 Å². The Kier molecular flexibility index (Phi) is 16.9. The quantitative estimate of drug-likeness (QED) is 0.0731. The second kappa shape index (κ2) is 18.3. The van der Waals surface area contributed by atoms with Gasteiger partial charge in [-0.2, -0.15) is 0 Å². The Morgan fingerprint density at radius 3 is 1.92 bits per heavy atom. The van der Waals surface area contributed by atoms with Crippen LogP contribution in [0.15, 0.2) is 0 Å². The van der Waals surface area contributed by atoms with Gasteiger partial charge in [0.1, 0.15) is 55.4 Å². The van der Waals surface area contributed by atoms with Crippen LogP contribution < -0.4 is 0 Å². The van der Waals surface area contributed by atoms with E-state index in [9.17, 15) is 40.5 Å². The fourth-order valence-electron chi connectivity index (χ4n) is 3.98. The molecule has 214 valence electrons. The first-order chi connectivity index (χ1) is 17.2. The van der Waals surface area contributed by atoms with E-state index in [1.165, 1.54) is 32.1 Å². The molecule has 0 amide bonds. The fraction of sp³-hybridized carbons (Fsp3) is 0.958. The van der Waals surface area contributed by atoms with Crippen LogP contribution in [0.4, 0.5) is 0 Å². The van der Waals surface area contributed by atoms with E-state index in [0.29, 0.717) is 6.42 Å². The summed E-state index contributed by atoms with van der Waals surface area (Å²) in [4.78, 5) is 12.1. The lowest BCUT2D eigenvalue weighted by Gasteiger charge is -2.42. The number of esters is 1. The summed E-state index contributed by atoms with van der Waals surface area (Å²) in [6.07, 6.45) is -5.35. The van der Waals surface area contributed by atoms with Crippen molar-refractivity contribution in [3.8, 4) is 0 Å². The Bertz CT molecular complexity index is 579. The molecule has 0 unspecified atom stereocenters. The largest absolute Gasteiger partial charge is 0.463 e. The van der Waals surface area contributed by atoms with E-state index in [4.69, 9.17) is 19.3 Å². The van der Waals surface area contributed by atoms with Gasteiger partial charge in [-0.15, -0.1) is 0 Å². The first-order valence-electron chi connectivity index (χ1n) is 12.9. The maximum absolute atomic E-state index is 12.1. The van der Waals surface area contributed by atoms with Crippen molar-refractivity contribution in [1.29, 1.82) is 0 Å². The molecule has 0 aromatic carbocycles. The zero-order valence-corrected chi connectivity index (χ0v) is 21.1. The van der Waals surface area contributed by atoms with Crippen LogP contribution in [0.1, 0.15) is 71.1 Å². The number of unbranched alkanes of at least 4 members (excludes halogenated alkanes) is 8. The molecule has 1 saturated heterocycles. The maximum atomic E-state index is 12.1. The van der Waals surface area contributed by atoms with Crippen molar-refractivity contribution < 1.29 is 59.9 Å². The number of aliphatic hydroxyl groups excluding tert-OH is 8. The predicted octanol–water partition coefficient (Wildman–Crippen LogP) is -1.29. The Labute approximate surface area is 212 Å². The third-order valence-electron chi connectivity index (χ3n) is 6.34. The smallest absolute Gasteiger partial charge is 0.305 e. The summed E-state index contributed by atoms with van der Waals surface area (Å²) in [5.41, 5.74) is 0. The van der Waals surface area contributed by atoms with Crippen LogP contribution >= 0.6 is 0 Å². The van der Waals surface area contributed by atoms with Crippen LogP contribution in [0, 0.1) is 0 Å². The van der Waals surface area contributed by atoms with Crippen LogP contribution in [-0.4, -0.2) is 122 Å². The minimum atomic E-state index is -1.88. The van der Waals surface area contributed by atoms with Crippen LogP contribution in [0.5, 0.6) is 0 Å². The van der Waals surface area contributed by atoms with Crippen molar-refractivity contribution in [3.63, 3.8) is 0 Å². The normalized spacial score (nSPS) is 27.9. The van der Waals surface area contributed by atoms with Crippen LogP contribution in [0.25, 0.3) is 0 Å². The van der Waals surface area contributed by atoms with E-state index in [0.717, 1.165) is 19.3 Å². The van der Waals surface area contributed by atoms with E-state index in [1.54, 1.807) is 0 Å². The van der Waals surface area contributed by atoms with Crippen LogP contribution in [0.3, 0.4) is 0 Å². The highest BCUT2D eigenvalue weighted by atomic mass is 16.7. The summed E-state index contributed by atoms with van der Waals surface area (Å²) < 4.78 is 15.9. The summed E-state index contributed by atoms with van der Waals surface area (Å²) in [5, 5.41) is 78.6. The van der Waals surface area contributed by atoms with Crippen molar-refractivity contribution >= 4 is 5.97 Å². The molecule has 1 aliphatic heterocycles. The lowest BCUT2D eigenvalue weighted by atomic mass is 9.98. The molecule has 1 fully saturated rings. The van der Waals surface area contributed by atoms with Gasteiger partial charge in [0, 0.05) is 6.42 Å². The average Bonchev–Trinajstić information content (AvgIpc) is 2.88. The van der Waals surface area contributed by atoms with Crippen molar-refractivity contribution in [2.45, 2.75) is 126 Å². The van der Waals surface area contributed by atoms with Crippen molar-refractivity contribution in [2.24, 2.45) is 0 Å². The van der Waals surface area contributed by atoms with Gasteiger partial charge in [-0.05, 0) is 6.42 Å². The van der Waals surface area contributed by atoms with Gasteiger partial charge < -0.3 is 55.1 Å². The van der Waals surface area contributed by atoms with Crippen LogP contribution in [0.2, 0.25) is 0 Å². The standard InChI is InChI=1S/C24H46O12/c1-2-3-4-5-6-7-8-9-10-11-18(29)34-14-17-20(31)21(32)22(33)24(35-17)36-23(16(28)13-26)19(30)15(27)12-25/h15-17,19-28,30-33H,2-14H2,1H3/t15-,16+,17+,19+,20+,21-,22+,23+,24+/m0/s1. The maximum Gasteiger partial charge on any atom is 0.305 e. The highest BCUT2D eigenvalue weighted by Gasteiger charge is 2.47. The second-order valence-corrected chi connectivity index (χ2v) is 9.37. The molecule has 0 spiro atoms. The van der Waals surface area contributed by atoms with E-state index in [1.807, 2.05) is 0 Å². The number of ether oxygens (including phenoxy) is 3. The molecule has 0 aliphatic carbocycles. The average molecular weight is 527 g/mol. The van der Waals surface area contributed by atoms with E-state index >= 15 is 0 Å². The molecule has 12 heteroatoms. The van der Waals surface area contributed by atoms with Gasteiger partial charge in [0.25, 0.3) is 0 Å². The number of aliphatic hydroxyl groups is 8. The molecule has 0 bridgehead atoms. The highest BCUT2D eigenvalue weighted by Crippen LogP contribution is 2.25. The van der Waals surface area contributed by atoms with Gasteiger partial charge >= 0.3 is 5.97 Å². The molecule has 12 nitrogen and oxygen atoms in total. The van der Waals surface area contributed by atoms with E-state index in [-0.39, 0.29) is 6.42 Å². The van der Waals surface area contributed by atoms with Gasteiger partial charge in [0.05, 0.1) is 13.2 Å². The molecule has 0 aromatic heterocycles. The zero-order chi connectivity index (χ0) is 27.1. The summed E-state index contributed by atoms with van der Waals surface area (Å²) in [6.45, 7) is -0.0497. The summed E-state index contributed by atoms with van der Waals surface area (Å²) >= 11 is 0. The molecular formula is C24H46O12. The zero-order valence-electron chi connectivity index (χ0n) is 21.1. The van der Waals surface area contributed by atoms with Crippen molar-refractivity contribution in [3.05, 3.63) is 0 Å². The number of carbonyl (C=O) groups excluding carboxylic acids is 1. The molecule has 1 rings (SSSR count). The topological polar surface area (TPSA) is 207 Å². The summed E-state index contributed by atoms with van der Waals surface area (Å²) in [5.74, 6) is -0.512. The molecule has 0 aromatic rings. The molecule has 1 aliphatic rings. The lowest BCUT2D eigenvalue weighted by molar-refractivity contribution is -0.327. The number of carbonyl (C=O) groups is 1. The number of rotatable bonds is 19. The third kappa shape index (κ3) is 11.2. The molecule has 36 heavy (non-hydrogen) atoms. The Morgan fingerprint density at radius 2 is 1.36 bits per heavy atom. The lowest BCUT2D eigenvalue weighted by Crippen LogP contribution is -2.61. The van der Waals surface area contributed by atoms with Gasteiger partial charge in [-0.1, -0.05) is 58.3 Å². The van der Waals surface area contributed by atoms with Crippen molar-refractivity contribution in [2.75, 3.05) is 19.8 Å². The highest BCUT2D eigenvalue weighted by molar-refractivity contribution is 5.69. The number of hydrogen-bond acceptors (Lipinski definition) is 12. The fourth-order valence-corrected chi connectivity index (χ4v) is 3.98. The molecule has 9 atom stereocenters. The summed E-state index contributed by atoms with van der Waals surface area (Å²) in [7, 11) is 0. The first kappa shape index (κ1) is 33.1. The Balaban J connectivity index is 2.52. The van der Waals surface area contributed by atoms with Gasteiger partial charge in [-0.3, -0.25) is 4.79 Å². The first-order valence-corrected chi connectivity index (χ1v) is 12.9. The van der Waals surface area contributed by atoms with Gasteiger partial charge in [-0.25, -0.2) is 0 Å². The second-order valence-electron chi connectivity index (χ2n) is 9.37. The molecular weight excluding hydrogens is 480 g/mol. The summed E-state index contributed by atoms with van der Waals surface area (Å²) in [6, 6.07) is 0. The molecule has 0 radical (unpaired) electrons. The van der Waals surface area contributed by atoms with Gasteiger partial charge in [0.15, 0.2) is 6.29 Å². The molecule has 1 heterocycles. The Morgan fingerprint density at radius 1 is 0.806 bits per heavy atom. The van der Waals surface area contributed by atoms with Crippen LogP contribution in [-0.2, 0) is 19.0 Å².